The zero-order chi connectivity index (χ0) is 27.1. The number of nitro benzene ring substituents is 1. The van der Waals surface area contributed by atoms with Crippen LogP contribution in [-0.4, -0.2) is 88.0 Å². The summed E-state index contributed by atoms with van der Waals surface area (Å²) in [5.74, 6) is 1.38. The highest BCUT2D eigenvalue weighted by Crippen LogP contribution is 2.40. The minimum absolute atomic E-state index is 0.0927. The van der Waals surface area contributed by atoms with Gasteiger partial charge in [0.15, 0.2) is 11.5 Å². The summed E-state index contributed by atoms with van der Waals surface area (Å²) in [5.41, 5.74) is 2.09. The normalized spacial score (nSPS) is 15.8. The molecule has 2 aromatic rings. The number of piperazine rings is 1. The summed E-state index contributed by atoms with van der Waals surface area (Å²) in [5, 5.41) is 11.7. The molecule has 11 heteroatoms. The first kappa shape index (κ1) is 27.3. The van der Waals surface area contributed by atoms with Gasteiger partial charge in [0.1, 0.15) is 5.69 Å². The molecular weight excluding hydrogens is 492 g/mol. The molecule has 0 N–H and O–H groups in total. The lowest BCUT2D eigenvalue weighted by Crippen LogP contribution is -2.48. The highest BCUT2D eigenvalue weighted by molar-refractivity contribution is 5.96. The van der Waals surface area contributed by atoms with Crippen molar-refractivity contribution in [1.82, 2.24) is 4.90 Å². The fraction of sp³-hybridized carbons (Fsp3) is 0.519. The SMILES string of the molecule is CCOc1cc(C(=O)N2CCN(c3ccc([N+](=O)[O-])c(N4CCOCC4)c3)CC2)cc(OCC)c1OCC. The van der Waals surface area contributed by atoms with Crippen molar-refractivity contribution in [3.05, 3.63) is 46.0 Å². The van der Waals surface area contributed by atoms with Crippen LogP contribution in [0.1, 0.15) is 31.1 Å². The van der Waals surface area contributed by atoms with Crippen LogP contribution in [0.25, 0.3) is 0 Å². The average molecular weight is 529 g/mol. The molecule has 0 bridgehead atoms. The van der Waals surface area contributed by atoms with Crippen LogP contribution >= 0.6 is 0 Å². The zero-order valence-corrected chi connectivity index (χ0v) is 22.3. The first-order valence-corrected chi connectivity index (χ1v) is 13.2. The molecule has 206 valence electrons. The average Bonchev–Trinajstić information content (AvgIpc) is 2.94. The summed E-state index contributed by atoms with van der Waals surface area (Å²) in [6, 6.07) is 8.68. The number of amides is 1. The molecular formula is C27H36N4O7. The lowest BCUT2D eigenvalue weighted by Gasteiger charge is -2.37. The summed E-state index contributed by atoms with van der Waals surface area (Å²) in [7, 11) is 0. The molecule has 0 aliphatic carbocycles. The number of ether oxygens (including phenoxy) is 4. The lowest BCUT2D eigenvalue weighted by atomic mass is 10.1. The molecule has 0 unspecified atom stereocenters. The quantitative estimate of drug-likeness (QED) is 0.338. The van der Waals surface area contributed by atoms with E-state index in [1.165, 1.54) is 0 Å². The monoisotopic (exact) mass is 528 g/mol. The Balaban J connectivity index is 1.50. The summed E-state index contributed by atoms with van der Waals surface area (Å²) >= 11 is 0. The standard InChI is InChI=1S/C27H36N4O7/c1-4-36-24-17-20(18-25(37-5-2)26(24)38-6-3)27(32)30-11-9-28(10-12-30)21-7-8-22(31(33)34)23(19-21)29-13-15-35-16-14-29/h7-8,17-19H,4-6,9-16H2,1-3H3. The lowest BCUT2D eigenvalue weighted by molar-refractivity contribution is -0.384. The molecule has 1 amide bonds. The molecule has 0 spiro atoms. The van der Waals surface area contributed by atoms with Crippen LogP contribution in [0.3, 0.4) is 0 Å². The molecule has 11 nitrogen and oxygen atoms in total. The van der Waals surface area contributed by atoms with E-state index in [0.717, 1.165) is 5.69 Å². The maximum atomic E-state index is 13.5. The number of nitrogens with zero attached hydrogens (tertiary/aromatic N) is 4. The molecule has 4 rings (SSSR count). The van der Waals surface area contributed by atoms with Crippen molar-refractivity contribution in [2.24, 2.45) is 0 Å². The van der Waals surface area contributed by atoms with Crippen molar-refractivity contribution >= 4 is 23.0 Å². The van der Waals surface area contributed by atoms with Crippen LogP contribution < -0.4 is 24.0 Å². The maximum absolute atomic E-state index is 13.5. The van der Waals surface area contributed by atoms with Crippen LogP contribution in [-0.2, 0) is 4.74 Å². The molecule has 2 aliphatic rings. The highest BCUT2D eigenvalue weighted by atomic mass is 16.6. The minimum atomic E-state index is -0.338. The number of hydrogen-bond acceptors (Lipinski definition) is 9. The van der Waals surface area contributed by atoms with E-state index in [1.54, 1.807) is 24.3 Å². The topological polar surface area (TPSA) is 107 Å². The predicted octanol–water partition coefficient (Wildman–Crippen LogP) is 3.59. The van der Waals surface area contributed by atoms with Gasteiger partial charge in [-0.25, -0.2) is 0 Å². The maximum Gasteiger partial charge on any atom is 0.292 e. The van der Waals surface area contributed by atoms with E-state index in [4.69, 9.17) is 18.9 Å². The molecule has 0 aromatic heterocycles. The van der Waals surface area contributed by atoms with Crippen molar-refractivity contribution in [3.63, 3.8) is 0 Å². The van der Waals surface area contributed by atoms with Crippen molar-refractivity contribution in [1.29, 1.82) is 0 Å². The Morgan fingerprint density at radius 1 is 0.868 bits per heavy atom. The predicted molar refractivity (Wildman–Crippen MR) is 144 cm³/mol. The van der Waals surface area contributed by atoms with Gasteiger partial charge in [-0.05, 0) is 45.0 Å². The molecule has 2 aromatic carbocycles. The van der Waals surface area contributed by atoms with Crippen molar-refractivity contribution < 1.29 is 28.7 Å². The van der Waals surface area contributed by atoms with E-state index in [1.807, 2.05) is 36.6 Å². The van der Waals surface area contributed by atoms with E-state index >= 15 is 0 Å². The molecule has 2 saturated heterocycles. The second kappa shape index (κ2) is 12.7. The number of carbonyl (C=O) groups is 1. The Morgan fingerprint density at radius 2 is 1.47 bits per heavy atom. The number of anilines is 2. The zero-order valence-electron chi connectivity index (χ0n) is 22.3. The van der Waals surface area contributed by atoms with Crippen molar-refractivity contribution in [3.8, 4) is 17.2 Å². The third kappa shape index (κ3) is 6.04. The van der Waals surface area contributed by atoms with Gasteiger partial charge in [-0.1, -0.05) is 0 Å². The Bertz CT molecular complexity index is 1100. The fourth-order valence-corrected chi connectivity index (χ4v) is 4.78. The summed E-state index contributed by atoms with van der Waals surface area (Å²) < 4.78 is 22.7. The smallest absolute Gasteiger partial charge is 0.292 e. The van der Waals surface area contributed by atoms with Gasteiger partial charge in [-0.15, -0.1) is 0 Å². The fourth-order valence-electron chi connectivity index (χ4n) is 4.78. The van der Waals surface area contributed by atoms with Gasteiger partial charge in [0.05, 0.1) is 38.0 Å². The van der Waals surface area contributed by atoms with E-state index in [-0.39, 0.29) is 16.5 Å². The van der Waals surface area contributed by atoms with Gasteiger partial charge in [0, 0.05) is 56.6 Å². The number of rotatable bonds is 10. The van der Waals surface area contributed by atoms with Gasteiger partial charge in [-0.3, -0.25) is 14.9 Å². The van der Waals surface area contributed by atoms with Gasteiger partial charge in [0.2, 0.25) is 5.75 Å². The number of morpholine rings is 1. The number of carbonyl (C=O) groups excluding carboxylic acids is 1. The van der Waals surface area contributed by atoms with Gasteiger partial charge in [-0.2, -0.15) is 0 Å². The first-order valence-electron chi connectivity index (χ1n) is 13.2. The molecule has 0 saturated carbocycles. The van der Waals surface area contributed by atoms with Gasteiger partial charge in [0.25, 0.3) is 11.6 Å². The molecule has 2 aliphatic heterocycles. The van der Waals surface area contributed by atoms with E-state index in [2.05, 4.69) is 4.90 Å². The molecule has 2 heterocycles. The van der Waals surface area contributed by atoms with Crippen LogP contribution in [0, 0.1) is 10.1 Å². The summed E-state index contributed by atoms with van der Waals surface area (Å²) in [6.45, 7) is 11.5. The third-order valence-electron chi connectivity index (χ3n) is 6.60. The summed E-state index contributed by atoms with van der Waals surface area (Å²) in [6.07, 6.45) is 0. The highest BCUT2D eigenvalue weighted by Gasteiger charge is 2.27. The van der Waals surface area contributed by atoms with Crippen LogP contribution in [0.4, 0.5) is 17.1 Å². The molecule has 38 heavy (non-hydrogen) atoms. The molecule has 0 atom stereocenters. The van der Waals surface area contributed by atoms with Gasteiger partial charge < -0.3 is 33.6 Å². The second-order valence-corrected chi connectivity index (χ2v) is 8.91. The number of nitro groups is 1. The Hall–Kier alpha value is -3.73. The van der Waals surface area contributed by atoms with Crippen molar-refractivity contribution in [2.45, 2.75) is 20.8 Å². The molecule has 2 fully saturated rings. The Morgan fingerprint density at radius 3 is 2.03 bits per heavy atom. The largest absolute Gasteiger partial charge is 0.490 e. The van der Waals surface area contributed by atoms with E-state index in [9.17, 15) is 14.9 Å². The van der Waals surface area contributed by atoms with Crippen molar-refractivity contribution in [2.75, 3.05) is 82.1 Å². The Kier molecular flexibility index (Phi) is 9.11. The number of hydrogen-bond donors (Lipinski definition) is 0. The third-order valence-corrected chi connectivity index (χ3v) is 6.60. The summed E-state index contributed by atoms with van der Waals surface area (Å²) in [4.78, 5) is 30.8. The first-order chi connectivity index (χ1) is 18.5. The van der Waals surface area contributed by atoms with E-state index in [0.29, 0.717) is 101 Å². The second-order valence-electron chi connectivity index (χ2n) is 8.91. The number of benzene rings is 2. The van der Waals surface area contributed by atoms with Crippen LogP contribution in [0.2, 0.25) is 0 Å². The van der Waals surface area contributed by atoms with Crippen LogP contribution in [0.15, 0.2) is 30.3 Å². The minimum Gasteiger partial charge on any atom is -0.490 e. The van der Waals surface area contributed by atoms with Gasteiger partial charge >= 0.3 is 0 Å². The van der Waals surface area contributed by atoms with Crippen LogP contribution in [0.5, 0.6) is 17.2 Å². The Labute approximate surface area is 222 Å². The van der Waals surface area contributed by atoms with E-state index < -0.39 is 0 Å². The molecule has 0 radical (unpaired) electrons.